The number of carbonyl (C=O) groups excluding carboxylic acids is 1. The molecule has 4 aromatic rings. The summed E-state index contributed by atoms with van der Waals surface area (Å²) in [7, 11) is 0. The Balaban J connectivity index is 1.07. The highest BCUT2D eigenvalue weighted by molar-refractivity contribution is 5.94. The number of imidazole rings is 1. The second-order valence-electron chi connectivity index (χ2n) is 12.9. The lowest BCUT2D eigenvalue weighted by Crippen LogP contribution is -2.48. The van der Waals surface area contributed by atoms with Crippen LogP contribution in [0.4, 0.5) is 14.6 Å². The van der Waals surface area contributed by atoms with E-state index >= 15 is 0 Å². The zero-order chi connectivity index (χ0) is 32.6. The molecule has 0 saturated heterocycles. The molecule has 0 radical (unpaired) electrons. The van der Waals surface area contributed by atoms with E-state index in [0.29, 0.717) is 55.8 Å². The van der Waals surface area contributed by atoms with Crippen LogP contribution in [0.15, 0.2) is 79.3 Å². The second-order valence-corrected chi connectivity index (χ2v) is 12.9. The molecule has 3 N–H and O–H groups in total. The summed E-state index contributed by atoms with van der Waals surface area (Å²) >= 11 is 0. The lowest BCUT2D eigenvalue weighted by molar-refractivity contribution is -0.118. The van der Waals surface area contributed by atoms with Gasteiger partial charge in [-0.1, -0.05) is 74.7 Å². The summed E-state index contributed by atoms with van der Waals surface area (Å²) in [6.07, 6.45) is 11.4. The molecular formula is C38H45F2N5O2. The molecule has 1 unspecified atom stereocenters. The summed E-state index contributed by atoms with van der Waals surface area (Å²) in [5, 5.41) is 10.2. The molecule has 9 heteroatoms. The van der Waals surface area contributed by atoms with Crippen molar-refractivity contribution in [2.24, 2.45) is 0 Å². The zero-order valence-electron chi connectivity index (χ0n) is 27.1. The average molecular weight is 642 g/mol. The molecule has 0 bridgehead atoms. The largest absolute Gasteiger partial charge is 0.372 e. The molecule has 0 spiro atoms. The summed E-state index contributed by atoms with van der Waals surface area (Å²) in [4.78, 5) is 17.9. The number of halogens is 2. The summed E-state index contributed by atoms with van der Waals surface area (Å²) in [6, 6.07) is 20.6. The molecule has 3 aromatic carbocycles. The van der Waals surface area contributed by atoms with E-state index < -0.39 is 17.7 Å². The topological polar surface area (TPSA) is 80.2 Å². The van der Waals surface area contributed by atoms with Crippen LogP contribution in [0.3, 0.4) is 0 Å². The van der Waals surface area contributed by atoms with Crippen LogP contribution in [0.2, 0.25) is 0 Å². The fourth-order valence-corrected chi connectivity index (χ4v) is 6.99. The van der Waals surface area contributed by atoms with E-state index in [4.69, 9.17) is 4.74 Å². The Morgan fingerprint density at radius 3 is 2.70 bits per heavy atom. The van der Waals surface area contributed by atoms with Gasteiger partial charge in [-0.2, -0.15) is 0 Å². The number of carbonyl (C=O) groups is 1. The van der Waals surface area contributed by atoms with Gasteiger partial charge in [-0.25, -0.2) is 13.8 Å². The third-order valence-electron chi connectivity index (χ3n) is 9.46. The lowest BCUT2D eigenvalue weighted by atomic mass is 9.87. The number of nitrogens with zero attached hydrogens (tertiary/aromatic N) is 2. The predicted molar refractivity (Wildman–Crippen MR) is 180 cm³/mol. The van der Waals surface area contributed by atoms with E-state index in [-0.39, 0.29) is 24.1 Å². The number of amides is 1. The van der Waals surface area contributed by atoms with E-state index in [0.717, 1.165) is 36.6 Å². The van der Waals surface area contributed by atoms with Crippen molar-refractivity contribution >= 4 is 11.7 Å². The van der Waals surface area contributed by atoms with Crippen molar-refractivity contribution < 1.29 is 18.3 Å². The molecule has 248 valence electrons. The van der Waals surface area contributed by atoms with Gasteiger partial charge in [0.05, 0.1) is 30.6 Å². The van der Waals surface area contributed by atoms with Gasteiger partial charge < -0.3 is 25.3 Å². The third-order valence-corrected chi connectivity index (χ3v) is 9.46. The van der Waals surface area contributed by atoms with E-state index in [9.17, 15) is 13.6 Å². The van der Waals surface area contributed by atoms with E-state index in [1.165, 1.54) is 24.5 Å². The Bertz CT molecular complexity index is 1630. The standard InChI is InChI=1S/C38H45F2N5O2/c1-2-10-34(43-30-18-17-27-19-29(39)20-32(40)31(27)21-30)38(46)44-37-23-45(25-42-37)35-15-8-6-13-28(35)22-41-33-14-7-9-16-36(33)47-24-26-11-4-3-5-12-26/h3-6,8,11-13,15,19-20,23,25,30,33-34,36,41,43H,2,7,9-10,14,16-18,21-22,24H2,1H3,(H,44,46)/t30-,33+,34?,36+/m0/s1. The maximum Gasteiger partial charge on any atom is 0.242 e. The van der Waals surface area contributed by atoms with Crippen LogP contribution in [-0.4, -0.2) is 39.7 Å². The Morgan fingerprint density at radius 1 is 1.04 bits per heavy atom. The van der Waals surface area contributed by atoms with Crippen LogP contribution in [-0.2, 0) is 35.5 Å². The zero-order valence-corrected chi connectivity index (χ0v) is 27.1. The van der Waals surface area contributed by atoms with Crippen LogP contribution in [0.1, 0.15) is 74.1 Å². The number of benzene rings is 3. The van der Waals surface area contributed by atoms with Gasteiger partial charge in [-0.3, -0.25) is 4.79 Å². The highest BCUT2D eigenvalue weighted by Crippen LogP contribution is 2.27. The Morgan fingerprint density at radius 2 is 1.85 bits per heavy atom. The maximum absolute atomic E-state index is 14.5. The summed E-state index contributed by atoms with van der Waals surface area (Å²) in [5.41, 5.74) is 4.57. The number of anilines is 1. The number of rotatable bonds is 13. The number of nitrogens with one attached hydrogen (secondary N) is 3. The smallest absolute Gasteiger partial charge is 0.242 e. The monoisotopic (exact) mass is 641 g/mol. The Hall–Kier alpha value is -3.92. The molecule has 7 nitrogen and oxygen atoms in total. The molecule has 1 amide bonds. The molecule has 6 rings (SSSR count). The number of aromatic nitrogens is 2. The van der Waals surface area contributed by atoms with Crippen LogP contribution >= 0.6 is 0 Å². The molecule has 1 heterocycles. The minimum absolute atomic E-state index is 0.0748. The first-order chi connectivity index (χ1) is 23.0. The molecule has 0 aliphatic heterocycles. The summed E-state index contributed by atoms with van der Waals surface area (Å²) in [6.45, 7) is 3.34. The molecule has 47 heavy (non-hydrogen) atoms. The highest BCUT2D eigenvalue weighted by Gasteiger charge is 2.28. The first-order valence-electron chi connectivity index (χ1n) is 17.0. The maximum atomic E-state index is 14.5. The SMILES string of the molecule is CCCC(N[C@H]1CCc2cc(F)cc(F)c2C1)C(=O)Nc1cn(-c2ccccc2CN[C@@H]2CCCC[C@H]2OCc2ccccc2)cn1. The number of para-hydroxylation sites is 1. The van der Waals surface area contributed by atoms with Crippen molar-refractivity contribution in [1.29, 1.82) is 0 Å². The van der Waals surface area contributed by atoms with Crippen LogP contribution in [0, 0.1) is 11.6 Å². The molecule has 1 saturated carbocycles. The number of hydrogen-bond acceptors (Lipinski definition) is 5. The molecule has 4 atom stereocenters. The van der Waals surface area contributed by atoms with Gasteiger partial charge in [0.2, 0.25) is 5.91 Å². The fraction of sp³-hybridized carbons (Fsp3) is 0.421. The van der Waals surface area contributed by atoms with Gasteiger partial charge in [-0.05, 0) is 72.9 Å². The van der Waals surface area contributed by atoms with E-state index in [1.807, 2.05) is 48.0 Å². The van der Waals surface area contributed by atoms with Gasteiger partial charge in [0, 0.05) is 24.7 Å². The van der Waals surface area contributed by atoms with Crippen molar-refractivity contribution in [3.63, 3.8) is 0 Å². The predicted octanol–water partition coefficient (Wildman–Crippen LogP) is 7.02. The minimum atomic E-state index is -0.545. The highest BCUT2D eigenvalue weighted by atomic mass is 19.1. The molecular weight excluding hydrogens is 596 g/mol. The van der Waals surface area contributed by atoms with Crippen molar-refractivity contribution in [3.8, 4) is 5.69 Å². The average Bonchev–Trinajstić information content (AvgIpc) is 3.55. The van der Waals surface area contributed by atoms with Crippen LogP contribution < -0.4 is 16.0 Å². The number of fused-ring (bicyclic) bond motifs is 1. The van der Waals surface area contributed by atoms with E-state index in [1.54, 1.807) is 6.33 Å². The van der Waals surface area contributed by atoms with Crippen LogP contribution in [0.5, 0.6) is 0 Å². The van der Waals surface area contributed by atoms with Crippen molar-refractivity contribution in [2.45, 2.75) is 102 Å². The molecule has 2 aliphatic rings. The number of aryl methyl sites for hydroxylation is 1. The summed E-state index contributed by atoms with van der Waals surface area (Å²) in [5.74, 6) is -0.760. The quantitative estimate of drug-likeness (QED) is 0.146. The number of ether oxygens (including phenoxy) is 1. The first-order valence-corrected chi connectivity index (χ1v) is 17.0. The van der Waals surface area contributed by atoms with Gasteiger partial charge in [0.25, 0.3) is 0 Å². The van der Waals surface area contributed by atoms with Gasteiger partial charge in [-0.15, -0.1) is 0 Å². The normalized spacial score (nSPS) is 20.0. The third kappa shape index (κ3) is 8.52. The van der Waals surface area contributed by atoms with Crippen LogP contribution in [0.25, 0.3) is 5.69 Å². The molecule has 1 fully saturated rings. The van der Waals surface area contributed by atoms with Gasteiger partial charge >= 0.3 is 0 Å². The number of hydrogen-bond donors (Lipinski definition) is 3. The fourth-order valence-electron chi connectivity index (χ4n) is 6.99. The lowest BCUT2D eigenvalue weighted by Gasteiger charge is -2.32. The first kappa shape index (κ1) is 33.0. The van der Waals surface area contributed by atoms with Crippen molar-refractivity contribution in [2.75, 3.05) is 5.32 Å². The van der Waals surface area contributed by atoms with E-state index in [2.05, 4.69) is 45.2 Å². The van der Waals surface area contributed by atoms with Gasteiger partial charge in [0.1, 0.15) is 18.0 Å². The minimum Gasteiger partial charge on any atom is -0.372 e. The molecule has 2 aliphatic carbocycles. The van der Waals surface area contributed by atoms with Gasteiger partial charge in [0.15, 0.2) is 5.82 Å². The van der Waals surface area contributed by atoms with Crippen molar-refractivity contribution in [1.82, 2.24) is 20.2 Å². The second kappa shape index (κ2) is 15.8. The van der Waals surface area contributed by atoms with Crippen molar-refractivity contribution in [3.05, 3.63) is 113 Å². The Labute approximate surface area is 276 Å². The summed E-state index contributed by atoms with van der Waals surface area (Å²) < 4.78 is 36.5. The molecule has 1 aromatic heterocycles. The Kier molecular flexibility index (Phi) is 11.1.